The summed E-state index contributed by atoms with van der Waals surface area (Å²) in [5, 5.41) is 0. The van der Waals surface area contributed by atoms with E-state index in [0.29, 0.717) is 6.10 Å². The Morgan fingerprint density at radius 3 is 2.67 bits per heavy atom. The molecule has 1 aromatic rings. The second kappa shape index (κ2) is 7.18. The first-order valence-electron chi connectivity index (χ1n) is 8.19. The van der Waals surface area contributed by atoms with Crippen molar-refractivity contribution in [3.05, 3.63) is 18.0 Å². The predicted molar refractivity (Wildman–Crippen MR) is 83.6 cm³/mol. The van der Waals surface area contributed by atoms with E-state index in [-0.39, 0.29) is 0 Å². The van der Waals surface area contributed by atoms with Crippen LogP contribution in [0.15, 0.2) is 12.4 Å². The maximum Gasteiger partial charge on any atom is 0.225 e. The maximum absolute atomic E-state index is 6.04. The van der Waals surface area contributed by atoms with E-state index in [0.717, 1.165) is 44.2 Å². The van der Waals surface area contributed by atoms with Crippen LogP contribution in [0.3, 0.4) is 0 Å². The Bertz CT molecular complexity index is 430. The van der Waals surface area contributed by atoms with Crippen LogP contribution in [0.2, 0.25) is 0 Å². The lowest BCUT2D eigenvalue weighted by molar-refractivity contribution is 0.0466. The van der Waals surface area contributed by atoms with Crippen molar-refractivity contribution in [1.29, 1.82) is 0 Å². The topological polar surface area (TPSA) is 41.5 Å². The molecule has 0 aliphatic carbocycles. The van der Waals surface area contributed by atoms with E-state index < -0.39 is 0 Å². The van der Waals surface area contributed by atoms with Gasteiger partial charge in [0.25, 0.3) is 0 Å². The number of rotatable bonds is 5. The smallest absolute Gasteiger partial charge is 0.225 e. The molecule has 0 amide bonds. The molecule has 1 atom stereocenters. The Morgan fingerprint density at radius 1 is 1.14 bits per heavy atom. The van der Waals surface area contributed by atoms with Gasteiger partial charge >= 0.3 is 0 Å². The summed E-state index contributed by atoms with van der Waals surface area (Å²) in [7, 11) is 0. The Balaban J connectivity index is 1.39. The molecule has 0 N–H and O–H groups in total. The van der Waals surface area contributed by atoms with Crippen LogP contribution in [0.5, 0.6) is 0 Å². The summed E-state index contributed by atoms with van der Waals surface area (Å²) in [6.07, 6.45) is 9.27. The van der Waals surface area contributed by atoms with Crippen molar-refractivity contribution in [2.45, 2.75) is 38.7 Å². The maximum atomic E-state index is 6.04. The largest absolute Gasteiger partial charge is 0.375 e. The van der Waals surface area contributed by atoms with Gasteiger partial charge in [0.2, 0.25) is 5.95 Å². The minimum atomic E-state index is 0.333. The molecule has 5 heteroatoms. The molecule has 3 rings (SSSR count). The van der Waals surface area contributed by atoms with Crippen LogP contribution >= 0.6 is 0 Å². The van der Waals surface area contributed by atoms with Gasteiger partial charge in [-0.05, 0) is 44.8 Å². The van der Waals surface area contributed by atoms with Crippen molar-refractivity contribution in [2.24, 2.45) is 0 Å². The zero-order chi connectivity index (χ0) is 14.5. The lowest BCUT2D eigenvalue weighted by Gasteiger charge is -2.26. The molecule has 0 bridgehead atoms. The average molecular weight is 290 g/mol. The first-order chi connectivity index (χ1) is 10.3. The molecule has 0 aromatic carbocycles. The van der Waals surface area contributed by atoms with Crippen LogP contribution in [0.25, 0.3) is 0 Å². The minimum Gasteiger partial charge on any atom is -0.375 e. The third-order valence-corrected chi connectivity index (χ3v) is 4.40. The van der Waals surface area contributed by atoms with Gasteiger partial charge in [0.15, 0.2) is 0 Å². The second-order valence-corrected chi connectivity index (χ2v) is 6.19. The third kappa shape index (κ3) is 4.14. The SMILES string of the molecule is Cc1cnc(N2CCC(OCCN3CCCCC3)C2)nc1. The summed E-state index contributed by atoms with van der Waals surface area (Å²) in [6, 6.07) is 0. The van der Waals surface area contributed by atoms with Crippen molar-refractivity contribution < 1.29 is 4.74 Å². The third-order valence-electron chi connectivity index (χ3n) is 4.40. The molecule has 0 radical (unpaired) electrons. The van der Waals surface area contributed by atoms with Gasteiger partial charge < -0.3 is 14.5 Å². The molecule has 2 saturated heterocycles. The Hall–Kier alpha value is -1.20. The molecular formula is C16H26N4O. The zero-order valence-corrected chi connectivity index (χ0v) is 13.0. The molecule has 5 nitrogen and oxygen atoms in total. The van der Waals surface area contributed by atoms with Crippen molar-refractivity contribution in [2.75, 3.05) is 44.2 Å². The van der Waals surface area contributed by atoms with Crippen molar-refractivity contribution in [1.82, 2.24) is 14.9 Å². The summed E-state index contributed by atoms with van der Waals surface area (Å²) in [4.78, 5) is 13.6. The standard InChI is InChI=1S/C16H26N4O/c1-14-11-17-16(18-12-14)20-8-5-15(13-20)21-10-9-19-6-3-2-4-7-19/h11-12,15H,2-10,13H2,1H3. The fraction of sp³-hybridized carbons (Fsp3) is 0.750. The van der Waals surface area contributed by atoms with Gasteiger partial charge in [-0.2, -0.15) is 0 Å². The quantitative estimate of drug-likeness (QED) is 0.828. The fourth-order valence-electron chi connectivity index (χ4n) is 3.13. The van der Waals surface area contributed by atoms with Crippen LogP contribution in [-0.4, -0.2) is 60.3 Å². The highest BCUT2D eigenvalue weighted by Gasteiger charge is 2.25. The Morgan fingerprint density at radius 2 is 1.90 bits per heavy atom. The first kappa shape index (κ1) is 14.7. The number of hydrogen-bond donors (Lipinski definition) is 0. The molecule has 116 valence electrons. The van der Waals surface area contributed by atoms with E-state index in [1.54, 1.807) is 0 Å². The predicted octanol–water partition coefficient (Wildman–Crippen LogP) is 1.87. The molecule has 0 spiro atoms. The van der Waals surface area contributed by atoms with Crippen molar-refractivity contribution in [3.8, 4) is 0 Å². The molecular weight excluding hydrogens is 264 g/mol. The molecule has 2 aliphatic heterocycles. The van der Waals surface area contributed by atoms with E-state index in [4.69, 9.17) is 4.74 Å². The number of likely N-dealkylation sites (tertiary alicyclic amines) is 1. The van der Waals surface area contributed by atoms with E-state index >= 15 is 0 Å². The van der Waals surface area contributed by atoms with Crippen molar-refractivity contribution >= 4 is 5.95 Å². The lowest BCUT2D eigenvalue weighted by atomic mass is 10.1. The highest BCUT2D eigenvalue weighted by molar-refractivity contribution is 5.31. The number of piperidine rings is 1. The van der Waals surface area contributed by atoms with Gasteiger partial charge in [0.1, 0.15) is 0 Å². The van der Waals surface area contributed by atoms with Crippen LogP contribution in [0.4, 0.5) is 5.95 Å². The number of ether oxygens (including phenoxy) is 1. The summed E-state index contributed by atoms with van der Waals surface area (Å²) >= 11 is 0. The normalized spacial score (nSPS) is 23.7. The van der Waals surface area contributed by atoms with Gasteiger partial charge in [0, 0.05) is 32.0 Å². The Labute approximate surface area is 127 Å². The van der Waals surface area contributed by atoms with Crippen LogP contribution in [-0.2, 0) is 4.74 Å². The van der Waals surface area contributed by atoms with E-state index in [1.807, 2.05) is 19.3 Å². The van der Waals surface area contributed by atoms with E-state index in [9.17, 15) is 0 Å². The van der Waals surface area contributed by atoms with Gasteiger partial charge in [0.05, 0.1) is 12.7 Å². The molecule has 2 aliphatic rings. The van der Waals surface area contributed by atoms with Gasteiger partial charge in [-0.1, -0.05) is 6.42 Å². The number of aromatic nitrogens is 2. The summed E-state index contributed by atoms with van der Waals surface area (Å²) < 4.78 is 6.04. The highest BCUT2D eigenvalue weighted by Crippen LogP contribution is 2.18. The molecule has 2 fully saturated rings. The second-order valence-electron chi connectivity index (χ2n) is 6.19. The first-order valence-corrected chi connectivity index (χ1v) is 8.19. The summed E-state index contributed by atoms with van der Waals surface area (Å²) in [5.41, 5.74) is 1.10. The van der Waals surface area contributed by atoms with Crippen LogP contribution < -0.4 is 4.90 Å². The van der Waals surface area contributed by atoms with E-state index in [2.05, 4.69) is 19.8 Å². The van der Waals surface area contributed by atoms with Crippen molar-refractivity contribution in [3.63, 3.8) is 0 Å². The van der Waals surface area contributed by atoms with Gasteiger partial charge in [-0.25, -0.2) is 9.97 Å². The average Bonchev–Trinajstić information content (AvgIpc) is 2.98. The lowest BCUT2D eigenvalue weighted by Crippen LogP contribution is -2.34. The summed E-state index contributed by atoms with van der Waals surface area (Å²) in [5.74, 6) is 0.836. The van der Waals surface area contributed by atoms with E-state index in [1.165, 1.54) is 32.4 Å². The van der Waals surface area contributed by atoms with Gasteiger partial charge in [-0.15, -0.1) is 0 Å². The Kier molecular flexibility index (Phi) is 5.04. The molecule has 21 heavy (non-hydrogen) atoms. The zero-order valence-electron chi connectivity index (χ0n) is 13.0. The summed E-state index contributed by atoms with van der Waals surface area (Å²) in [6.45, 7) is 8.36. The van der Waals surface area contributed by atoms with Crippen LogP contribution in [0.1, 0.15) is 31.2 Å². The minimum absolute atomic E-state index is 0.333. The fourth-order valence-corrected chi connectivity index (χ4v) is 3.13. The number of nitrogens with zero attached hydrogens (tertiary/aromatic N) is 4. The van der Waals surface area contributed by atoms with Crippen LogP contribution in [0, 0.1) is 6.92 Å². The molecule has 1 aromatic heterocycles. The highest BCUT2D eigenvalue weighted by atomic mass is 16.5. The monoisotopic (exact) mass is 290 g/mol. The number of hydrogen-bond acceptors (Lipinski definition) is 5. The van der Waals surface area contributed by atoms with Gasteiger partial charge in [-0.3, -0.25) is 0 Å². The molecule has 3 heterocycles. The number of anilines is 1. The molecule has 0 saturated carbocycles. The molecule has 1 unspecified atom stereocenters. The number of aryl methyl sites for hydroxylation is 1.